The molecule has 0 fully saturated rings. The number of benzene rings is 2. The Bertz CT molecular complexity index is 957. The molecule has 0 saturated heterocycles. The van der Waals surface area contributed by atoms with Crippen LogP contribution in [0.15, 0.2) is 53.4 Å². The maximum absolute atomic E-state index is 12.4. The van der Waals surface area contributed by atoms with Gasteiger partial charge in [0, 0.05) is 12.6 Å². The van der Waals surface area contributed by atoms with Crippen molar-refractivity contribution in [1.29, 1.82) is 0 Å². The number of ether oxygens (including phenoxy) is 1. The molecule has 1 aliphatic rings. The van der Waals surface area contributed by atoms with Crippen LogP contribution in [0.5, 0.6) is 5.75 Å². The lowest BCUT2D eigenvalue weighted by Crippen LogP contribution is -2.31. The lowest BCUT2D eigenvalue weighted by Gasteiger charge is -2.15. The van der Waals surface area contributed by atoms with Crippen molar-refractivity contribution in [1.82, 2.24) is 4.31 Å². The number of unbranched alkanes of at least 4 members (excludes halogenated alkanes) is 1. The fourth-order valence-corrected chi connectivity index (χ4v) is 4.29. The number of hydrogen-bond acceptors (Lipinski definition) is 6. The molecule has 0 aliphatic carbocycles. The summed E-state index contributed by atoms with van der Waals surface area (Å²) in [5.41, 5.74) is 0.134. The van der Waals surface area contributed by atoms with E-state index in [1.54, 1.807) is 18.2 Å². The number of nitro groups is 1. The average molecular weight is 376 g/mol. The second kappa shape index (κ2) is 7.12. The Hall–Kier alpha value is -2.94. The number of hydrogen-bond donors (Lipinski definition) is 0. The molecule has 0 atom stereocenters. The van der Waals surface area contributed by atoms with Gasteiger partial charge < -0.3 is 4.74 Å². The van der Waals surface area contributed by atoms with E-state index in [0.717, 1.165) is 4.31 Å². The van der Waals surface area contributed by atoms with E-state index >= 15 is 0 Å². The Morgan fingerprint density at radius 2 is 1.85 bits per heavy atom. The first-order valence-electron chi connectivity index (χ1n) is 7.94. The van der Waals surface area contributed by atoms with Crippen molar-refractivity contribution >= 4 is 21.6 Å². The van der Waals surface area contributed by atoms with Crippen LogP contribution in [0, 0.1) is 10.1 Å². The summed E-state index contributed by atoms with van der Waals surface area (Å²) in [6.07, 6.45) is 0.923. The number of carbonyl (C=O) groups is 1. The van der Waals surface area contributed by atoms with E-state index in [4.69, 9.17) is 4.74 Å². The summed E-state index contributed by atoms with van der Waals surface area (Å²) in [6.45, 7) is 0.324. The van der Waals surface area contributed by atoms with Crippen molar-refractivity contribution in [3.63, 3.8) is 0 Å². The first-order valence-corrected chi connectivity index (χ1v) is 9.38. The van der Waals surface area contributed by atoms with Gasteiger partial charge in [-0.2, -0.15) is 0 Å². The minimum Gasteiger partial charge on any atom is -0.493 e. The molecule has 0 radical (unpaired) electrons. The molecule has 2 aromatic rings. The van der Waals surface area contributed by atoms with Gasteiger partial charge in [-0.15, -0.1) is 0 Å². The lowest BCUT2D eigenvalue weighted by atomic mass is 10.2. The monoisotopic (exact) mass is 376 g/mol. The molecule has 1 heterocycles. The molecule has 0 saturated carbocycles. The molecular weight excluding hydrogens is 360 g/mol. The summed E-state index contributed by atoms with van der Waals surface area (Å²) >= 11 is 0. The van der Waals surface area contributed by atoms with Crippen LogP contribution in [0.25, 0.3) is 0 Å². The molecule has 1 aliphatic heterocycles. The van der Waals surface area contributed by atoms with E-state index < -0.39 is 20.9 Å². The molecule has 136 valence electrons. The van der Waals surface area contributed by atoms with Crippen LogP contribution in [-0.2, 0) is 10.0 Å². The molecule has 26 heavy (non-hydrogen) atoms. The molecule has 0 bridgehead atoms. The van der Waals surface area contributed by atoms with Crippen LogP contribution in [-0.4, -0.2) is 36.7 Å². The van der Waals surface area contributed by atoms with E-state index in [2.05, 4.69) is 0 Å². The van der Waals surface area contributed by atoms with Gasteiger partial charge in [0.1, 0.15) is 10.6 Å². The number of fused-ring (bicyclic) bond motifs is 1. The Morgan fingerprint density at radius 3 is 2.58 bits per heavy atom. The Kier molecular flexibility index (Phi) is 4.90. The summed E-state index contributed by atoms with van der Waals surface area (Å²) in [6, 6.07) is 12.0. The summed E-state index contributed by atoms with van der Waals surface area (Å²) in [5, 5.41) is 10.7. The highest BCUT2D eigenvalue weighted by Crippen LogP contribution is 2.30. The number of non-ortho nitro benzene ring substituents is 1. The zero-order valence-corrected chi connectivity index (χ0v) is 14.5. The van der Waals surface area contributed by atoms with Crippen molar-refractivity contribution in [3.05, 3.63) is 64.2 Å². The Balaban J connectivity index is 1.53. The molecular formula is C17H16N2O6S. The Labute approximate surface area is 150 Å². The second-order valence-corrected chi connectivity index (χ2v) is 7.52. The predicted octanol–water partition coefficient (Wildman–Crippen LogP) is 2.60. The van der Waals surface area contributed by atoms with Gasteiger partial charge in [0.15, 0.2) is 0 Å². The van der Waals surface area contributed by atoms with Crippen LogP contribution in [0.2, 0.25) is 0 Å². The van der Waals surface area contributed by atoms with Crippen molar-refractivity contribution in [2.75, 3.05) is 13.2 Å². The predicted molar refractivity (Wildman–Crippen MR) is 92.5 cm³/mol. The highest BCUT2D eigenvalue weighted by Gasteiger charge is 2.40. The number of nitrogens with zero attached hydrogens (tertiary/aromatic N) is 2. The third-order valence-electron chi connectivity index (χ3n) is 3.96. The maximum atomic E-state index is 12.4. The topological polar surface area (TPSA) is 107 Å². The normalized spacial score (nSPS) is 14.9. The quantitative estimate of drug-likeness (QED) is 0.418. The fraction of sp³-hybridized carbons (Fsp3) is 0.235. The third-order valence-corrected chi connectivity index (χ3v) is 5.81. The third kappa shape index (κ3) is 3.38. The van der Waals surface area contributed by atoms with E-state index in [-0.39, 0.29) is 29.3 Å². The van der Waals surface area contributed by atoms with Crippen molar-refractivity contribution in [3.8, 4) is 5.75 Å². The summed E-state index contributed by atoms with van der Waals surface area (Å²) in [7, 11) is -3.78. The van der Waals surface area contributed by atoms with Crippen molar-refractivity contribution in [2.24, 2.45) is 0 Å². The minimum absolute atomic E-state index is 0.0397. The summed E-state index contributed by atoms with van der Waals surface area (Å²) in [5.74, 6) is -0.142. The van der Waals surface area contributed by atoms with Gasteiger partial charge in [0.05, 0.1) is 23.2 Å². The smallest absolute Gasteiger partial charge is 0.273 e. The molecule has 8 nitrogen and oxygen atoms in total. The Morgan fingerprint density at radius 1 is 1.08 bits per heavy atom. The molecule has 0 spiro atoms. The van der Waals surface area contributed by atoms with Gasteiger partial charge >= 0.3 is 0 Å². The van der Waals surface area contributed by atoms with Crippen LogP contribution in [0.1, 0.15) is 23.2 Å². The number of sulfonamides is 1. The van der Waals surface area contributed by atoms with E-state index in [1.807, 2.05) is 0 Å². The van der Waals surface area contributed by atoms with Crippen LogP contribution >= 0.6 is 0 Å². The standard InChI is InChI=1S/C17H16N2O6S/c20-17-15-8-1-2-9-16(15)26(23,24)18(17)10-3-4-11-25-14-7-5-6-13(12-14)19(21)22/h1-2,5-9,12H,3-4,10-11H2. The molecule has 2 aromatic carbocycles. The number of carbonyl (C=O) groups excluding carboxylic acids is 1. The molecule has 0 aromatic heterocycles. The zero-order chi connectivity index (χ0) is 18.7. The van der Waals surface area contributed by atoms with Gasteiger partial charge in [0.2, 0.25) is 0 Å². The first-order chi connectivity index (χ1) is 12.4. The van der Waals surface area contributed by atoms with Crippen molar-refractivity contribution in [2.45, 2.75) is 17.7 Å². The molecule has 1 amide bonds. The molecule has 0 N–H and O–H groups in total. The molecule has 9 heteroatoms. The highest BCUT2D eigenvalue weighted by atomic mass is 32.2. The van der Waals surface area contributed by atoms with Crippen molar-refractivity contribution < 1.29 is 22.9 Å². The molecule has 0 unspecified atom stereocenters. The van der Waals surface area contributed by atoms with E-state index in [0.29, 0.717) is 18.6 Å². The maximum Gasteiger partial charge on any atom is 0.273 e. The van der Waals surface area contributed by atoms with Gasteiger partial charge in [-0.05, 0) is 31.0 Å². The summed E-state index contributed by atoms with van der Waals surface area (Å²) < 4.78 is 31.1. The van der Waals surface area contributed by atoms with Gasteiger partial charge in [-0.3, -0.25) is 14.9 Å². The highest BCUT2D eigenvalue weighted by molar-refractivity contribution is 7.90. The number of rotatable bonds is 7. The van der Waals surface area contributed by atoms with Gasteiger partial charge in [-0.1, -0.05) is 18.2 Å². The van der Waals surface area contributed by atoms with Crippen LogP contribution < -0.4 is 4.74 Å². The largest absolute Gasteiger partial charge is 0.493 e. The lowest BCUT2D eigenvalue weighted by molar-refractivity contribution is -0.384. The average Bonchev–Trinajstić information content (AvgIpc) is 2.82. The zero-order valence-electron chi connectivity index (χ0n) is 13.7. The minimum atomic E-state index is -3.78. The second-order valence-electron chi connectivity index (χ2n) is 5.69. The SMILES string of the molecule is O=C1c2ccccc2S(=O)(=O)N1CCCCOc1cccc([N+](=O)[O-])c1. The first kappa shape index (κ1) is 17.9. The number of nitro benzene ring substituents is 1. The number of amides is 1. The van der Waals surface area contributed by atoms with Gasteiger partial charge in [0.25, 0.3) is 21.6 Å². The van der Waals surface area contributed by atoms with E-state index in [9.17, 15) is 23.3 Å². The van der Waals surface area contributed by atoms with Crippen LogP contribution in [0.4, 0.5) is 5.69 Å². The summed E-state index contributed by atoms with van der Waals surface area (Å²) in [4.78, 5) is 22.5. The van der Waals surface area contributed by atoms with Crippen LogP contribution in [0.3, 0.4) is 0 Å². The van der Waals surface area contributed by atoms with Gasteiger partial charge in [-0.25, -0.2) is 12.7 Å². The van der Waals surface area contributed by atoms with E-state index in [1.165, 1.54) is 30.3 Å². The fourth-order valence-electron chi connectivity index (χ4n) is 2.69. The molecule has 3 rings (SSSR count).